The van der Waals surface area contributed by atoms with Gasteiger partial charge in [0.05, 0.1) is 36.6 Å². The highest BCUT2D eigenvalue weighted by Gasteiger charge is 2.80. The molecular weight excluding hydrogens is 1610 g/mol. The first-order valence-electron chi connectivity index (χ1n) is 45.9. The van der Waals surface area contributed by atoms with Gasteiger partial charge in [-0.05, 0) is 233 Å². The predicted molar refractivity (Wildman–Crippen MR) is 461 cm³/mol. The summed E-state index contributed by atoms with van der Waals surface area (Å²) in [6.07, 6.45) is 21.1. The summed E-state index contributed by atoms with van der Waals surface area (Å²) in [4.78, 5) is 84.1. The Morgan fingerprint density at radius 3 is 1.18 bits per heavy atom. The van der Waals surface area contributed by atoms with Crippen molar-refractivity contribution in [2.45, 2.75) is 257 Å². The fraction of sp³-hybridized carbons (Fsp3) is 0.563. The van der Waals surface area contributed by atoms with Gasteiger partial charge in [0.1, 0.15) is 30.5 Å². The first-order chi connectivity index (χ1) is 60.2. The third-order valence-electron chi connectivity index (χ3n) is 33.4. The smallest absolute Gasteiger partial charge is 0.486 e. The van der Waals surface area contributed by atoms with E-state index in [4.69, 9.17) is 42.6 Å². The van der Waals surface area contributed by atoms with Crippen molar-refractivity contribution in [2.75, 3.05) is 19.8 Å². The van der Waals surface area contributed by atoms with Crippen LogP contribution in [0.5, 0.6) is 23.1 Å². The highest BCUT2D eigenvalue weighted by Crippen LogP contribution is 2.74. The van der Waals surface area contributed by atoms with E-state index in [1.165, 1.54) is 12.1 Å². The summed E-state index contributed by atoms with van der Waals surface area (Å²) in [6.45, 7) is 18.3. The lowest BCUT2D eigenvalue weighted by atomic mass is 9.46. The van der Waals surface area contributed by atoms with Gasteiger partial charge in [0, 0.05) is 61.8 Å². The molecular formula is C103H118F3NO19. The van der Waals surface area contributed by atoms with Crippen molar-refractivity contribution in [1.82, 2.24) is 4.98 Å². The number of aliphatic hydroxyl groups is 3. The molecule has 0 bridgehead atoms. The molecule has 0 spiro atoms. The molecule has 3 saturated heterocycles. The number of fused-ring (bicyclic) bond motifs is 22. The number of allylic oxidation sites excluding steroid dienone is 12. The average molecular weight is 1730 g/mol. The number of carbonyl (C=O) groups excluding carboxylic acids is 6. The number of carbonyl (C=O) groups is 6. The minimum absolute atomic E-state index is 0.0216. The molecule has 3 aliphatic heterocycles. The monoisotopic (exact) mass is 1730 g/mol. The molecule has 18 unspecified atom stereocenters. The molecule has 20 nitrogen and oxygen atoms in total. The van der Waals surface area contributed by atoms with Gasteiger partial charge >= 0.3 is 6.36 Å². The molecule has 9 saturated carbocycles. The van der Waals surface area contributed by atoms with Crippen LogP contribution in [0.15, 0.2) is 187 Å². The van der Waals surface area contributed by atoms with Crippen LogP contribution in [-0.4, -0.2) is 153 Å². The summed E-state index contributed by atoms with van der Waals surface area (Å²) in [5.74, 6) is 0.974. The number of aliphatic hydroxyl groups excluding tert-OH is 3. The molecule has 1 aromatic heterocycles. The number of ether oxygens (including phenoxy) is 10. The standard InChI is InChI=1S/C37H42O6.C34H39NO6.C32H37F3O7/c1-4-8-33-42-32-20-29-28-16-13-25-19-26(38)17-18-35(25,2)34(28)30(39)21-36(29,3)37(32,43-33)31(40)22-41-27-14-11-24(12-15-27)23-9-6-5-7-10-23;1-4-7-29-40-28-17-25-24-11-10-21-16-22(36)12-14-32(21,2)30(24)26(37)18-33(25,3)34(28,41-29)27(38)19-39-31-23-9-6-5-8-20(23)13-15-35-31;1-4-5-27-40-26-15-23-22-11-6-18-14-19(36)12-13-29(18,2)28(22)24(37)16-30(23,3)31(26,42-27)25(38)17-39-20-7-9-21(10-8-20)41-32(33,34)35/h5-7,9-12,14-15,17-19,28-30,32-34,39H,4,8,13,16,20-22H2,1-3H3;5-6,8-9,12-16,24-26,28-30,37H,4,7,10-11,17-19H2,1-3H3;7-10,12-14,22-24,26-28,37H,4-6,11,15-17H2,1-3H3/t28?,29?,30-,32+,33?,34?,35?,36?,37+;24?,25?,26-,28+,29?,30?,32?,33?,34+;22?,23?,24-,26+,27?,28?,29?,30?,31+/m000/s1. The Kier molecular flexibility index (Phi) is 23.1. The number of alkyl halides is 3. The van der Waals surface area contributed by atoms with Crippen molar-refractivity contribution in [1.29, 1.82) is 0 Å². The Labute approximate surface area is 734 Å². The maximum Gasteiger partial charge on any atom is 0.573 e. The average Bonchev–Trinajstić information content (AvgIpc) is 1.51. The number of aromatic nitrogens is 1. The van der Waals surface area contributed by atoms with E-state index >= 15 is 0 Å². The van der Waals surface area contributed by atoms with Gasteiger partial charge in [-0.15, -0.1) is 13.2 Å². The van der Waals surface area contributed by atoms with Crippen LogP contribution in [-0.2, 0) is 57.2 Å². The summed E-state index contributed by atoms with van der Waals surface area (Å²) < 4.78 is 99.2. The van der Waals surface area contributed by atoms with Gasteiger partial charge in [-0.2, -0.15) is 0 Å². The third-order valence-corrected chi connectivity index (χ3v) is 33.4. The lowest BCUT2D eigenvalue weighted by Crippen LogP contribution is -2.63. The SMILES string of the molecule is CCCC1O[C@@H]2CC3C4CCC5=CC(=O)C=CC5(C)C4[C@@H](O)CC3(C)[C@]2(C(=O)COc2ccc(-c3ccccc3)cc2)O1.CCCC1O[C@@H]2CC3C4CCC5=CC(=O)C=CC5(C)C4[C@@H](O)CC3(C)[C@]2(C(=O)COc2ccc(OC(F)(F)F)cc2)O1.CCCC1O[C@@H]2CC3C4CCC5=CC(=O)C=CC5(C)C4[C@@H](O)CC3(C)[C@]2(C(=O)COc2nccc3ccccc23)O1. The maximum absolute atomic E-state index is 14.5. The fourth-order valence-electron chi connectivity index (χ4n) is 28.1. The van der Waals surface area contributed by atoms with Crippen molar-refractivity contribution in [3.05, 3.63) is 187 Å². The summed E-state index contributed by atoms with van der Waals surface area (Å²) in [5, 5.41) is 37.5. The van der Waals surface area contributed by atoms with Gasteiger partial charge in [-0.25, -0.2) is 4.98 Å². The molecule has 0 amide bonds. The van der Waals surface area contributed by atoms with Crippen LogP contribution in [0.4, 0.5) is 13.2 Å². The van der Waals surface area contributed by atoms with E-state index in [1.54, 1.807) is 42.7 Å². The van der Waals surface area contributed by atoms with Gasteiger partial charge in [-0.3, -0.25) is 28.8 Å². The second-order valence-electron chi connectivity index (χ2n) is 39.8. The zero-order valence-electron chi connectivity index (χ0n) is 73.4. The number of ketones is 6. The lowest BCUT2D eigenvalue weighted by Gasteiger charge is -2.59. The number of pyridine rings is 1. The molecule has 126 heavy (non-hydrogen) atoms. The summed E-state index contributed by atoms with van der Waals surface area (Å²) in [6, 6.07) is 32.6. The molecule has 12 fully saturated rings. The van der Waals surface area contributed by atoms with Gasteiger partial charge in [-0.1, -0.05) is 177 Å². The molecule has 3 N–H and O–H groups in total. The highest BCUT2D eigenvalue weighted by atomic mass is 19.4. The topological polar surface area (TPSA) is 268 Å². The van der Waals surface area contributed by atoms with Gasteiger partial charge in [0.25, 0.3) is 0 Å². The minimum atomic E-state index is -4.81. The fourth-order valence-corrected chi connectivity index (χ4v) is 28.1. The number of nitrogens with zero attached hydrogens (tertiary/aromatic N) is 1. The van der Waals surface area contributed by atoms with E-state index < -0.39 is 94.2 Å². The molecule has 15 aliphatic rings. The summed E-state index contributed by atoms with van der Waals surface area (Å²) >= 11 is 0. The number of hydrogen-bond acceptors (Lipinski definition) is 20. The first-order valence-corrected chi connectivity index (χ1v) is 45.9. The van der Waals surface area contributed by atoms with Crippen LogP contribution in [0.25, 0.3) is 21.9 Å². The Morgan fingerprint density at radius 2 is 0.802 bits per heavy atom. The van der Waals surface area contributed by atoms with Crippen molar-refractivity contribution < 1.29 is 105 Å². The van der Waals surface area contributed by atoms with E-state index in [0.717, 1.165) is 115 Å². The van der Waals surface area contributed by atoms with Crippen LogP contribution < -0.4 is 18.9 Å². The van der Waals surface area contributed by atoms with Crippen molar-refractivity contribution in [2.24, 2.45) is 85.8 Å². The number of halogens is 3. The highest BCUT2D eigenvalue weighted by molar-refractivity contribution is 6.03. The summed E-state index contributed by atoms with van der Waals surface area (Å²) in [5.41, 5.74) is -1.37. The lowest BCUT2D eigenvalue weighted by molar-refractivity contribution is -0.274. The zero-order valence-corrected chi connectivity index (χ0v) is 73.4. The van der Waals surface area contributed by atoms with Gasteiger partial charge < -0.3 is 62.7 Å². The molecule has 23 heteroatoms. The molecule has 20 rings (SSSR count). The maximum atomic E-state index is 14.5. The zero-order chi connectivity index (χ0) is 88.6. The Morgan fingerprint density at radius 1 is 0.452 bits per heavy atom. The minimum Gasteiger partial charge on any atom is -0.486 e. The van der Waals surface area contributed by atoms with Crippen LogP contribution in [0.1, 0.15) is 178 Å². The third kappa shape index (κ3) is 14.3. The van der Waals surface area contributed by atoms with Crippen LogP contribution in [0.2, 0.25) is 0 Å². The Balaban J connectivity index is 0.000000128. The molecule has 0 radical (unpaired) electrons. The van der Waals surface area contributed by atoms with Crippen molar-refractivity contribution in [3.8, 4) is 34.3 Å². The van der Waals surface area contributed by atoms with Crippen LogP contribution >= 0.6 is 0 Å². The second kappa shape index (κ2) is 33.1. The normalized spacial score (nSPS) is 40.2. The van der Waals surface area contributed by atoms with Crippen LogP contribution in [0, 0.1) is 85.8 Å². The van der Waals surface area contributed by atoms with Crippen LogP contribution in [0.3, 0.4) is 0 Å². The van der Waals surface area contributed by atoms with Gasteiger partial charge in [0.15, 0.2) is 59.6 Å². The van der Waals surface area contributed by atoms with E-state index in [2.05, 4.69) is 70.3 Å². The summed E-state index contributed by atoms with van der Waals surface area (Å²) in [7, 11) is 0. The first kappa shape index (κ1) is 88.0. The van der Waals surface area contributed by atoms with Gasteiger partial charge in [0.2, 0.25) is 23.2 Å². The molecule has 12 aliphatic carbocycles. The molecule has 670 valence electrons. The van der Waals surface area contributed by atoms with E-state index in [-0.39, 0.29) is 136 Å². The van der Waals surface area contributed by atoms with Crippen molar-refractivity contribution in [3.63, 3.8) is 0 Å². The Hall–Kier alpha value is -8.62. The molecule has 4 heterocycles. The molecule has 5 aromatic rings. The number of benzene rings is 4. The van der Waals surface area contributed by atoms with E-state index in [9.17, 15) is 57.3 Å². The quantitative estimate of drug-likeness (QED) is 0.0653. The predicted octanol–water partition coefficient (Wildman–Crippen LogP) is 17.5. The largest absolute Gasteiger partial charge is 0.573 e. The Bertz CT molecular complexity index is 5250. The van der Waals surface area contributed by atoms with E-state index in [1.807, 2.05) is 105 Å². The number of Topliss-reactive ketones (excluding diaryl/α,β-unsaturated/α-hetero) is 3. The number of hydrogen-bond donors (Lipinski definition) is 3. The molecule has 27 atom stereocenters. The second-order valence-corrected chi connectivity index (χ2v) is 39.8. The van der Waals surface area contributed by atoms with Crippen molar-refractivity contribution >= 4 is 45.5 Å². The van der Waals surface area contributed by atoms with E-state index in [0.29, 0.717) is 63.0 Å². The molecule has 4 aromatic carbocycles. The number of rotatable bonds is 20.